The first-order valence-electron chi connectivity index (χ1n) is 7.01. The molecule has 2 heterocycles. The number of rotatable bonds is 1. The molecule has 19 heavy (non-hydrogen) atoms. The summed E-state index contributed by atoms with van der Waals surface area (Å²) in [6.45, 7) is 5.84. The minimum Gasteiger partial charge on any atom is -0.384 e. The molecule has 0 saturated carbocycles. The summed E-state index contributed by atoms with van der Waals surface area (Å²) >= 11 is 0. The van der Waals surface area contributed by atoms with Crippen LogP contribution in [0.4, 0.5) is 5.69 Å². The largest absolute Gasteiger partial charge is 0.384 e. The van der Waals surface area contributed by atoms with Gasteiger partial charge in [0.1, 0.15) is 0 Å². The van der Waals surface area contributed by atoms with Gasteiger partial charge in [-0.05, 0) is 38.1 Å². The lowest BCUT2D eigenvalue weighted by atomic mass is 10.1. The SMILES string of the molecule is CC1CN(C)CCN1C(=O)c1ccc2c(c1)NCC2. The summed E-state index contributed by atoms with van der Waals surface area (Å²) in [5.74, 6) is 0.164. The maximum atomic E-state index is 12.6. The van der Waals surface area contributed by atoms with Crippen molar-refractivity contribution in [3.8, 4) is 0 Å². The zero-order valence-electron chi connectivity index (χ0n) is 11.6. The number of hydrogen-bond acceptors (Lipinski definition) is 3. The van der Waals surface area contributed by atoms with Crippen molar-refractivity contribution in [3.05, 3.63) is 29.3 Å². The van der Waals surface area contributed by atoms with Crippen LogP contribution in [0.5, 0.6) is 0 Å². The van der Waals surface area contributed by atoms with E-state index in [-0.39, 0.29) is 11.9 Å². The molecule has 3 rings (SSSR count). The third-order valence-electron chi connectivity index (χ3n) is 4.16. The molecule has 0 spiro atoms. The van der Waals surface area contributed by atoms with Crippen molar-refractivity contribution in [2.45, 2.75) is 19.4 Å². The molecule has 2 aliphatic heterocycles. The van der Waals surface area contributed by atoms with Gasteiger partial charge in [-0.2, -0.15) is 0 Å². The van der Waals surface area contributed by atoms with Crippen LogP contribution in [0.1, 0.15) is 22.8 Å². The number of hydrogen-bond donors (Lipinski definition) is 1. The van der Waals surface area contributed by atoms with Gasteiger partial charge >= 0.3 is 0 Å². The Morgan fingerprint density at radius 1 is 1.37 bits per heavy atom. The Morgan fingerprint density at radius 2 is 2.21 bits per heavy atom. The quantitative estimate of drug-likeness (QED) is 0.829. The summed E-state index contributed by atoms with van der Waals surface area (Å²) in [6, 6.07) is 6.35. The van der Waals surface area contributed by atoms with Crippen molar-refractivity contribution in [3.63, 3.8) is 0 Å². The van der Waals surface area contributed by atoms with Crippen molar-refractivity contribution in [1.29, 1.82) is 0 Å². The molecule has 1 fully saturated rings. The summed E-state index contributed by atoms with van der Waals surface area (Å²) < 4.78 is 0. The molecule has 2 aliphatic rings. The predicted molar refractivity (Wildman–Crippen MR) is 76.6 cm³/mol. The zero-order chi connectivity index (χ0) is 13.4. The maximum Gasteiger partial charge on any atom is 0.254 e. The fraction of sp³-hybridized carbons (Fsp3) is 0.533. The van der Waals surface area contributed by atoms with Gasteiger partial charge in [0.2, 0.25) is 0 Å². The van der Waals surface area contributed by atoms with Crippen LogP contribution < -0.4 is 5.32 Å². The molecule has 1 amide bonds. The maximum absolute atomic E-state index is 12.6. The van der Waals surface area contributed by atoms with E-state index in [0.717, 1.165) is 43.9 Å². The number of carbonyl (C=O) groups excluding carboxylic acids is 1. The van der Waals surface area contributed by atoms with E-state index in [1.54, 1.807) is 0 Å². The Labute approximate surface area is 114 Å². The van der Waals surface area contributed by atoms with E-state index < -0.39 is 0 Å². The van der Waals surface area contributed by atoms with Crippen LogP contribution in [0.15, 0.2) is 18.2 Å². The molecule has 0 radical (unpaired) electrons. The molecule has 1 atom stereocenters. The summed E-state index contributed by atoms with van der Waals surface area (Å²) in [6.07, 6.45) is 1.06. The van der Waals surface area contributed by atoms with Crippen LogP contribution >= 0.6 is 0 Å². The van der Waals surface area contributed by atoms with Gasteiger partial charge < -0.3 is 15.1 Å². The van der Waals surface area contributed by atoms with Gasteiger partial charge in [-0.25, -0.2) is 0 Å². The standard InChI is InChI=1S/C15H21N3O/c1-11-10-17(2)7-8-18(11)15(19)13-4-3-12-5-6-16-14(12)9-13/h3-4,9,11,16H,5-8,10H2,1-2H3. The van der Waals surface area contributed by atoms with Gasteiger partial charge in [0.05, 0.1) is 0 Å². The minimum atomic E-state index is 0.164. The number of nitrogens with zero attached hydrogens (tertiary/aromatic N) is 2. The fourth-order valence-corrected chi connectivity index (χ4v) is 3.03. The lowest BCUT2D eigenvalue weighted by molar-refractivity contribution is 0.0533. The molecule has 1 saturated heterocycles. The van der Waals surface area contributed by atoms with E-state index in [0.29, 0.717) is 0 Å². The zero-order valence-corrected chi connectivity index (χ0v) is 11.6. The monoisotopic (exact) mass is 259 g/mol. The van der Waals surface area contributed by atoms with Crippen molar-refractivity contribution >= 4 is 11.6 Å². The van der Waals surface area contributed by atoms with E-state index in [1.807, 2.05) is 17.0 Å². The lowest BCUT2D eigenvalue weighted by Crippen LogP contribution is -2.52. The second-order valence-electron chi connectivity index (χ2n) is 5.66. The van der Waals surface area contributed by atoms with Gasteiger partial charge in [0.25, 0.3) is 5.91 Å². The predicted octanol–water partition coefficient (Wildman–Crippen LogP) is 1.43. The Kier molecular flexibility index (Phi) is 3.19. The number of likely N-dealkylation sites (N-methyl/N-ethyl adjacent to an activating group) is 1. The van der Waals surface area contributed by atoms with Gasteiger partial charge in [-0.1, -0.05) is 6.07 Å². The van der Waals surface area contributed by atoms with Crippen molar-refractivity contribution < 1.29 is 4.79 Å². The number of carbonyl (C=O) groups is 1. The molecule has 4 nitrogen and oxygen atoms in total. The van der Waals surface area contributed by atoms with Crippen molar-refractivity contribution in [1.82, 2.24) is 9.80 Å². The molecule has 1 unspecified atom stereocenters. The molecule has 1 N–H and O–H groups in total. The molecular formula is C15H21N3O. The molecule has 0 aliphatic carbocycles. The Hall–Kier alpha value is -1.55. The Morgan fingerprint density at radius 3 is 3.00 bits per heavy atom. The summed E-state index contributed by atoms with van der Waals surface area (Å²) in [5.41, 5.74) is 3.26. The summed E-state index contributed by atoms with van der Waals surface area (Å²) in [5, 5.41) is 3.34. The summed E-state index contributed by atoms with van der Waals surface area (Å²) in [4.78, 5) is 16.9. The highest BCUT2D eigenvalue weighted by Crippen LogP contribution is 2.24. The number of amides is 1. The molecule has 0 bridgehead atoms. The van der Waals surface area contributed by atoms with E-state index in [2.05, 4.69) is 30.3 Å². The smallest absolute Gasteiger partial charge is 0.254 e. The van der Waals surface area contributed by atoms with Crippen LogP contribution in [0.2, 0.25) is 0 Å². The van der Waals surface area contributed by atoms with Crippen molar-refractivity contribution in [2.75, 3.05) is 38.5 Å². The van der Waals surface area contributed by atoms with Crippen LogP contribution in [0, 0.1) is 0 Å². The number of nitrogens with one attached hydrogen (secondary N) is 1. The topological polar surface area (TPSA) is 35.6 Å². The number of piperazine rings is 1. The molecule has 4 heteroatoms. The number of anilines is 1. The first-order valence-corrected chi connectivity index (χ1v) is 7.01. The van der Waals surface area contributed by atoms with E-state index >= 15 is 0 Å². The second-order valence-corrected chi connectivity index (χ2v) is 5.66. The van der Waals surface area contributed by atoms with Gasteiger partial charge in [0, 0.05) is 43.5 Å². The second kappa shape index (κ2) is 4.85. The highest BCUT2D eigenvalue weighted by atomic mass is 16.2. The highest BCUT2D eigenvalue weighted by Gasteiger charge is 2.27. The highest BCUT2D eigenvalue weighted by molar-refractivity contribution is 5.95. The van der Waals surface area contributed by atoms with Gasteiger partial charge in [-0.3, -0.25) is 4.79 Å². The van der Waals surface area contributed by atoms with Gasteiger partial charge in [-0.15, -0.1) is 0 Å². The van der Waals surface area contributed by atoms with Crippen LogP contribution in [0.25, 0.3) is 0 Å². The van der Waals surface area contributed by atoms with E-state index in [4.69, 9.17) is 0 Å². The Balaban J connectivity index is 1.80. The molecule has 0 aromatic heterocycles. The van der Waals surface area contributed by atoms with Crippen LogP contribution in [0.3, 0.4) is 0 Å². The molecule has 102 valence electrons. The Bertz CT molecular complexity index is 500. The minimum absolute atomic E-state index is 0.164. The lowest BCUT2D eigenvalue weighted by Gasteiger charge is -2.38. The van der Waals surface area contributed by atoms with Crippen molar-refractivity contribution in [2.24, 2.45) is 0 Å². The normalized spacial score (nSPS) is 23.1. The van der Waals surface area contributed by atoms with E-state index in [9.17, 15) is 4.79 Å². The average Bonchev–Trinajstić information content (AvgIpc) is 2.85. The first-order chi connectivity index (χ1) is 9.15. The van der Waals surface area contributed by atoms with Gasteiger partial charge in [0.15, 0.2) is 0 Å². The molecule has 1 aromatic carbocycles. The number of fused-ring (bicyclic) bond motifs is 1. The molecule has 1 aromatic rings. The third kappa shape index (κ3) is 2.32. The number of benzene rings is 1. The summed E-state index contributed by atoms with van der Waals surface area (Å²) in [7, 11) is 2.11. The fourth-order valence-electron chi connectivity index (χ4n) is 3.03. The van der Waals surface area contributed by atoms with Crippen LogP contribution in [-0.2, 0) is 6.42 Å². The third-order valence-corrected chi connectivity index (χ3v) is 4.16. The van der Waals surface area contributed by atoms with E-state index in [1.165, 1.54) is 5.56 Å². The molecular weight excluding hydrogens is 238 g/mol. The first kappa shape index (κ1) is 12.5. The average molecular weight is 259 g/mol. The van der Waals surface area contributed by atoms with Crippen LogP contribution in [-0.4, -0.2) is 55.0 Å².